The molecule has 4 rings (SSSR count). The van der Waals surface area contributed by atoms with E-state index in [-0.39, 0.29) is 18.1 Å². The number of nitrogens with zero attached hydrogens (tertiary/aromatic N) is 2. The van der Waals surface area contributed by atoms with Crippen molar-refractivity contribution in [1.29, 1.82) is 0 Å². The first-order valence-corrected chi connectivity index (χ1v) is 8.19. The highest BCUT2D eigenvalue weighted by molar-refractivity contribution is 5.95. The second-order valence-corrected chi connectivity index (χ2v) is 5.76. The van der Waals surface area contributed by atoms with Crippen molar-refractivity contribution in [2.24, 2.45) is 0 Å². The Morgan fingerprint density at radius 3 is 2.69 bits per heavy atom. The van der Waals surface area contributed by atoms with E-state index >= 15 is 0 Å². The Hall–Kier alpha value is -3.54. The molecule has 0 saturated heterocycles. The van der Waals surface area contributed by atoms with E-state index < -0.39 is 0 Å². The van der Waals surface area contributed by atoms with Gasteiger partial charge in [-0.3, -0.25) is 4.79 Å². The third-order valence-corrected chi connectivity index (χ3v) is 4.04. The lowest BCUT2D eigenvalue weighted by atomic mass is 10.2. The number of benzene rings is 2. The molecule has 0 spiro atoms. The number of furan rings is 1. The topological polar surface area (TPSA) is 69.3 Å². The number of ether oxygens (including phenoxy) is 1. The van der Waals surface area contributed by atoms with Gasteiger partial charge in [-0.25, -0.2) is 4.68 Å². The SMILES string of the molecule is COc1cn(-c2ccccc2)nc1C(=O)NCc1cc2ccccc2o1. The summed E-state index contributed by atoms with van der Waals surface area (Å²) >= 11 is 0. The lowest BCUT2D eigenvalue weighted by Gasteiger charge is -2.02. The summed E-state index contributed by atoms with van der Waals surface area (Å²) in [5.41, 5.74) is 1.87. The molecular formula is C20H17N3O3. The maximum atomic E-state index is 12.5. The van der Waals surface area contributed by atoms with Crippen molar-refractivity contribution in [1.82, 2.24) is 15.1 Å². The Morgan fingerprint density at radius 2 is 1.92 bits per heavy atom. The van der Waals surface area contributed by atoms with Gasteiger partial charge < -0.3 is 14.5 Å². The molecule has 2 aromatic carbocycles. The molecule has 1 amide bonds. The molecule has 1 N–H and O–H groups in total. The fourth-order valence-electron chi connectivity index (χ4n) is 2.75. The molecule has 0 saturated carbocycles. The summed E-state index contributed by atoms with van der Waals surface area (Å²) in [6, 6.07) is 19.2. The van der Waals surface area contributed by atoms with Gasteiger partial charge in [0.25, 0.3) is 5.91 Å². The average molecular weight is 347 g/mol. The summed E-state index contributed by atoms with van der Waals surface area (Å²) in [5.74, 6) is 0.772. The van der Waals surface area contributed by atoms with E-state index in [0.29, 0.717) is 11.5 Å². The summed E-state index contributed by atoms with van der Waals surface area (Å²) < 4.78 is 12.6. The monoisotopic (exact) mass is 347 g/mol. The summed E-state index contributed by atoms with van der Waals surface area (Å²) in [7, 11) is 1.52. The zero-order chi connectivity index (χ0) is 17.9. The summed E-state index contributed by atoms with van der Waals surface area (Å²) in [6.07, 6.45) is 1.69. The molecule has 4 aromatic rings. The molecule has 6 heteroatoms. The maximum Gasteiger partial charge on any atom is 0.276 e. The molecule has 0 aliphatic rings. The number of rotatable bonds is 5. The Balaban J connectivity index is 1.53. The first-order valence-electron chi connectivity index (χ1n) is 8.19. The van der Waals surface area contributed by atoms with Gasteiger partial charge in [0.05, 0.1) is 25.5 Å². The minimum atomic E-state index is -0.322. The molecule has 0 atom stereocenters. The molecule has 26 heavy (non-hydrogen) atoms. The fraction of sp³-hybridized carbons (Fsp3) is 0.100. The lowest BCUT2D eigenvalue weighted by Crippen LogP contribution is -2.23. The number of aromatic nitrogens is 2. The first-order chi connectivity index (χ1) is 12.7. The van der Waals surface area contributed by atoms with Crippen molar-refractivity contribution in [3.8, 4) is 11.4 Å². The highest BCUT2D eigenvalue weighted by Gasteiger charge is 2.18. The van der Waals surface area contributed by atoms with Crippen molar-refractivity contribution < 1.29 is 13.9 Å². The van der Waals surface area contributed by atoms with E-state index in [1.54, 1.807) is 10.9 Å². The summed E-state index contributed by atoms with van der Waals surface area (Å²) in [5, 5.41) is 8.18. The lowest BCUT2D eigenvalue weighted by molar-refractivity contribution is 0.0940. The minimum absolute atomic E-state index is 0.229. The summed E-state index contributed by atoms with van der Waals surface area (Å²) in [6.45, 7) is 0.273. The van der Waals surface area contributed by atoms with E-state index in [1.807, 2.05) is 60.7 Å². The maximum absolute atomic E-state index is 12.5. The van der Waals surface area contributed by atoms with Gasteiger partial charge in [0, 0.05) is 5.39 Å². The van der Waals surface area contributed by atoms with Crippen LogP contribution in [0.15, 0.2) is 71.3 Å². The van der Waals surface area contributed by atoms with Gasteiger partial charge in [-0.1, -0.05) is 36.4 Å². The van der Waals surface area contributed by atoms with Crippen LogP contribution in [0.25, 0.3) is 16.7 Å². The first kappa shape index (κ1) is 16.0. The molecule has 0 fully saturated rings. The molecular weight excluding hydrogens is 330 g/mol. The van der Waals surface area contributed by atoms with Crippen LogP contribution >= 0.6 is 0 Å². The van der Waals surface area contributed by atoms with Gasteiger partial charge in [-0.2, -0.15) is 5.10 Å². The van der Waals surface area contributed by atoms with Crippen LogP contribution in [0, 0.1) is 0 Å². The largest absolute Gasteiger partial charge is 0.493 e. The third kappa shape index (κ3) is 3.04. The van der Waals surface area contributed by atoms with Crippen molar-refractivity contribution >= 4 is 16.9 Å². The Morgan fingerprint density at radius 1 is 1.15 bits per heavy atom. The van der Waals surface area contributed by atoms with E-state index in [2.05, 4.69) is 10.4 Å². The van der Waals surface area contributed by atoms with Crippen molar-refractivity contribution in [2.75, 3.05) is 7.11 Å². The van der Waals surface area contributed by atoms with Gasteiger partial charge in [0.15, 0.2) is 11.4 Å². The predicted molar refractivity (Wildman–Crippen MR) is 97.5 cm³/mol. The molecule has 0 aliphatic carbocycles. The number of para-hydroxylation sites is 2. The summed E-state index contributed by atoms with van der Waals surface area (Å²) in [4.78, 5) is 12.5. The van der Waals surface area contributed by atoms with Gasteiger partial charge >= 0.3 is 0 Å². The molecule has 130 valence electrons. The number of methoxy groups -OCH3 is 1. The fourth-order valence-corrected chi connectivity index (χ4v) is 2.75. The normalized spacial score (nSPS) is 10.8. The molecule has 0 aliphatic heterocycles. The van der Waals surface area contributed by atoms with Crippen LogP contribution in [0.3, 0.4) is 0 Å². The van der Waals surface area contributed by atoms with Crippen LogP contribution in [0.5, 0.6) is 5.75 Å². The minimum Gasteiger partial charge on any atom is -0.493 e. The number of hydrogen-bond acceptors (Lipinski definition) is 4. The van der Waals surface area contributed by atoms with Crippen LogP contribution in [0.1, 0.15) is 16.2 Å². The number of amides is 1. The number of carbonyl (C=O) groups is 1. The Bertz CT molecular complexity index is 1020. The van der Waals surface area contributed by atoms with E-state index in [4.69, 9.17) is 9.15 Å². The standard InChI is InChI=1S/C20H17N3O3/c1-25-18-13-23(15-8-3-2-4-9-15)22-19(18)20(24)21-12-16-11-14-7-5-6-10-17(14)26-16/h2-11,13H,12H2,1H3,(H,21,24). The average Bonchev–Trinajstić information content (AvgIpc) is 3.30. The molecule has 2 aromatic heterocycles. The van der Waals surface area contributed by atoms with E-state index in [0.717, 1.165) is 16.7 Å². The van der Waals surface area contributed by atoms with Gasteiger partial charge in [-0.05, 0) is 24.3 Å². The van der Waals surface area contributed by atoms with Crippen molar-refractivity contribution in [2.45, 2.75) is 6.54 Å². The number of nitrogens with one attached hydrogen (secondary N) is 1. The Labute approximate surface area is 150 Å². The van der Waals surface area contributed by atoms with Crippen LogP contribution in [0.4, 0.5) is 0 Å². The molecule has 0 unspecified atom stereocenters. The third-order valence-electron chi connectivity index (χ3n) is 4.04. The van der Waals surface area contributed by atoms with Crippen LogP contribution in [0.2, 0.25) is 0 Å². The zero-order valence-electron chi connectivity index (χ0n) is 14.2. The van der Waals surface area contributed by atoms with Crippen LogP contribution in [-0.2, 0) is 6.54 Å². The molecule has 2 heterocycles. The number of hydrogen-bond donors (Lipinski definition) is 1. The zero-order valence-corrected chi connectivity index (χ0v) is 14.2. The van der Waals surface area contributed by atoms with Gasteiger partial charge in [0.2, 0.25) is 0 Å². The van der Waals surface area contributed by atoms with Gasteiger partial charge in [-0.15, -0.1) is 0 Å². The molecule has 0 radical (unpaired) electrons. The molecule has 6 nitrogen and oxygen atoms in total. The smallest absolute Gasteiger partial charge is 0.276 e. The highest BCUT2D eigenvalue weighted by atomic mass is 16.5. The predicted octanol–water partition coefficient (Wildman–Crippen LogP) is 3.56. The second kappa shape index (κ2) is 6.76. The van der Waals surface area contributed by atoms with E-state index in [9.17, 15) is 4.79 Å². The Kier molecular flexibility index (Phi) is 4.15. The van der Waals surface area contributed by atoms with Gasteiger partial charge in [0.1, 0.15) is 11.3 Å². The number of fused-ring (bicyclic) bond motifs is 1. The number of carbonyl (C=O) groups excluding carboxylic acids is 1. The van der Waals surface area contributed by atoms with Crippen LogP contribution < -0.4 is 10.1 Å². The quantitative estimate of drug-likeness (QED) is 0.599. The van der Waals surface area contributed by atoms with E-state index in [1.165, 1.54) is 7.11 Å². The van der Waals surface area contributed by atoms with Crippen molar-refractivity contribution in [3.63, 3.8) is 0 Å². The van der Waals surface area contributed by atoms with Crippen molar-refractivity contribution in [3.05, 3.63) is 78.3 Å². The van der Waals surface area contributed by atoms with Crippen LogP contribution in [-0.4, -0.2) is 22.8 Å². The highest BCUT2D eigenvalue weighted by Crippen LogP contribution is 2.21. The molecule has 0 bridgehead atoms. The second-order valence-electron chi connectivity index (χ2n) is 5.76.